The lowest BCUT2D eigenvalue weighted by molar-refractivity contribution is -0.0496. The molecule has 3 rings (SSSR count). The van der Waals surface area contributed by atoms with Gasteiger partial charge in [-0.3, -0.25) is 4.99 Å². The Hall–Kier alpha value is -2.27. The third kappa shape index (κ3) is 4.89. The van der Waals surface area contributed by atoms with Gasteiger partial charge in [0.1, 0.15) is 11.3 Å². The molecule has 0 bridgehead atoms. The Balaban J connectivity index is 1.50. The maximum Gasteiger partial charge on any atom is 0.511 e. The van der Waals surface area contributed by atoms with E-state index < -0.39 is 15.5 Å². The first-order chi connectivity index (χ1) is 14.1. The van der Waals surface area contributed by atoms with Crippen molar-refractivity contribution in [3.63, 3.8) is 0 Å². The van der Waals surface area contributed by atoms with E-state index in [1.807, 2.05) is 37.3 Å². The van der Waals surface area contributed by atoms with Crippen molar-refractivity contribution in [1.29, 1.82) is 0 Å². The van der Waals surface area contributed by atoms with E-state index in [1.165, 1.54) is 0 Å². The Morgan fingerprint density at radius 1 is 1.30 bits per heavy atom. The van der Waals surface area contributed by atoms with E-state index in [-0.39, 0.29) is 25.0 Å². The van der Waals surface area contributed by atoms with Gasteiger partial charge in [-0.15, -0.1) is 0 Å². The predicted octanol–water partition coefficient (Wildman–Crippen LogP) is 3.22. The number of benzene rings is 1. The van der Waals surface area contributed by atoms with Gasteiger partial charge in [-0.05, 0) is 37.8 Å². The molecule has 1 aliphatic heterocycles. The zero-order valence-corrected chi connectivity index (χ0v) is 17.6. The number of aliphatic imine (C=N–C) groups is 1. The van der Waals surface area contributed by atoms with Crippen LogP contribution in [0, 0.1) is 5.92 Å². The van der Waals surface area contributed by atoms with Gasteiger partial charge in [0.05, 0.1) is 6.04 Å². The highest BCUT2D eigenvalue weighted by atomic mass is 32.2. The van der Waals surface area contributed by atoms with E-state index in [0.29, 0.717) is 29.7 Å². The molecule has 0 spiro atoms. The molecule has 7 nitrogen and oxygen atoms in total. The molecular formula is C19H25F3N4O3S. The number of hydrogen-bond acceptors (Lipinski definition) is 4. The van der Waals surface area contributed by atoms with Crippen LogP contribution in [-0.2, 0) is 10.0 Å². The number of nitrogens with one attached hydrogen (secondary N) is 2. The van der Waals surface area contributed by atoms with E-state index in [0.717, 1.165) is 16.7 Å². The summed E-state index contributed by atoms with van der Waals surface area (Å²) in [6.07, 6.45) is 0.691. The number of halogens is 3. The number of piperidine rings is 1. The zero-order valence-electron chi connectivity index (χ0n) is 16.7. The number of nitrogens with zero attached hydrogens (tertiary/aromatic N) is 2. The molecule has 2 N–H and O–H groups in total. The quantitative estimate of drug-likeness (QED) is 0.544. The minimum Gasteiger partial charge on any atom is -0.459 e. The normalized spacial score (nSPS) is 18.5. The Morgan fingerprint density at radius 3 is 2.57 bits per heavy atom. The number of guanidine groups is 1. The van der Waals surface area contributed by atoms with Crippen molar-refractivity contribution in [2.24, 2.45) is 10.9 Å². The number of fused-ring (bicyclic) bond motifs is 1. The van der Waals surface area contributed by atoms with Gasteiger partial charge in [0.15, 0.2) is 5.96 Å². The van der Waals surface area contributed by atoms with Gasteiger partial charge in [-0.2, -0.15) is 17.5 Å². The highest BCUT2D eigenvalue weighted by Crippen LogP contribution is 2.30. The number of furan rings is 1. The monoisotopic (exact) mass is 446 g/mol. The highest BCUT2D eigenvalue weighted by Gasteiger charge is 2.50. The molecule has 1 unspecified atom stereocenters. The van der Waals surface area contributed by atoms with Crippen molar-refractivity contribution >= 4 is 27.0 Å². The van der Waals surface area contributed by atoms with Crippen LogP contribution < -0.4 is 10.6 Å². The average Bonchev–Trinajstić information content (AvgIpc) is 3.15. The number of rotatable bonds is 5. The largest absolute Gasteiger partial charge is 0.511 e. The van der Waals surface area contributed by atoms with E-state index in [1.54, 1.807) is 7.05 Å². The van der Waals surface area contributed by atoms with Crippen molar-refractivity contribution < 1.29 is 26.0 Å². The molecular weight excluding hydrogens is 421 g/mol. The van der Waals surface area contributed by atoms with Gasteiger partial charge in [-0.1, -0.05) is 18.2 Å². The Bertz CT molecular complexity index is 963. The summed E-state index contributed by atoms with van der Waals surface area (Å²) in [5.41, 5.74) is -4.46. The second-order valence-electron chi connectivity index (χ2n) is 7.30. The fourth-order valence-electron chi connectivity index (χ4n) is 3.43. The smallest absolute Gasteiger partial charge is 0.459 e. The van der Waals surface area contributed by atoms with E-state index in [4.69, 9.17) is 4.42 Å². The number of para-hydroxylation sites is 1. The second-order valence-corrected chi connectivity index (χ2v) is 9.23. The fraction of sp³-hybridized carbons (Fsp3) is 0.526. The third-order valence-corrected chi connectivity index (χ3v) is 6.84. The average molecular weight is 446 g/mol. The first kappa shape index (κ1) is 22.4. The summed E-state index contributed by atoms with van der Waals surface area (Å²) in [5, 5.41) is 7.40. The lowest BCUT2D eigenvalue weighted by atomic mass is 9.98. The van der Waals surface area contributed by atoms with Gasteiger partial charge in [-0.25, -0.2) is 8.42 Å². The molecule has 1 aromatic carbocycles. The zero-order chi connectivity index (χ0) is 21.9. The molecule has 0 radical (unpaired) electrons. The number of sulfonamides is 1. The maximum absolute atomic E-state index is 12.7. The molecule has 0 amide bonds. The van der Waals surface area contributed by atoms with Crippen LogP contribution in [0.25, 0.3) is 11.0 Å². The van der Waals surface area contributed by atoms with Gasteiger partial charge >= 0.3 is 15.5 Å². The molecule has 1 fully saturated rings. The van der Waals surface area contributed by atoms with Crippen LogP contribution >= 0.6 is 0 Å². The molecule has 0 aliphatic carbocycles. The van der Waals surface area contributed by atoms with Crippen LogP contribution in [-0.4, -0.2) is 50.9 Å². The molecule has 2 heterocycles. The molecule has 1 aromatic heterocycles. The van der Waals surface area contributed by atoms with E-state index in [2.05, 4.69) is 15.6 Å². The minimum absolute atomic E-state index is 0.0461. The van der Waals surface area contributed by atoms with Gasteiger partial charge in [0, 0.05) is 32.1 Å². The van der Waals surface area contributed by atoms with E-state index >= 15 is 0 Å². The van der Waals surface area contributed by atoms with Crippen LogP contribution in [0.2, 0.25) is 0 Å². The summed E-state index contributed by atoms with van der Waals surface area (Å²) in [6, 6.07) is 9.50. The number of hydrogen-bond donors (Lipinski definition) is 2. The summed E-state index contributed by atoms with van der Waals surface area (Å²) in [7, 11) is -3.63. The van der Waals surface area contributed by atoms with Gasteiger partial charge < -0.3 is 15.1 Å². The highest BCUT2D eigenvalue weighted by molar-refractivity contribution is 7.90. The SMILES string of the molecule is CN=C(NCC1CCN(S(=O)(=O)C(F)(F)F)CC1)NC(C)c1cc2ccccc2o1. The lowest BCUT2D eigenvalue weighted by Crippen LogP contribution is -2.47. The van der Waals surface area contributed by atoms with Crippen LogP contribution in [0.4, 0.5) is 13.2 Å². The maximum atomic E-state index is 12.7. The third-order valence-electron chi connectivity index (χ3n) is 5.21. The molecule has 1 saturated heterocycles. The first-order valence-corrected chi connectivity index (χ1v) is 11.1. The van der Waals surface area contributed by atoms with E-state index in [9.17, 15) is 21.6 Å². The molecule has 11 heteroatoms. The van der Waals surface area contributed by atoms with Crippen molar-refractivity contribution in [3.8, 4) is 0 Å². The van der Waals surface area contributed by atoms with Gasteiger partial charge in [0.2, 0.25) is 0 Å². The molecule has 2 aromatic rings. The number of alkyl halides is 3. The Labute approximate surface area is 173 Å². The van der Waals surface area contributed by atoms with Crippen LogP contribution in [0.3, 0.4) is 0 Å². The van der Waals surface area contributed by atoms with Gasteiger partial charge in [0.25, 0.3) is 0 Å². The summed E-state index contributed by atoms with van der Waals surface area (Å²) in [6.45, 7) is 2.13. The lowest BCUT2D eigenvalue weighted by Gasteiger charge is -2.31. The van der Waals surface area contributed by atoms with Crippen molar-refractivity contribution in [2.75, 3.05) is 26.7 Å². The summed E-state index contributed by atoms with van der Waals surface area (Å²) in [4.78, 5) is 4.18. The van der Waals surface area contributed by atoms with Crippen molar-refractivity contribution in [3.05, 3.63) is 36.1 Å². The molecule has 0 saturated carbocycles. The first-order valence-electron chi connectivity index (χ1n) is 9.64. The molecule has 1 atom stereocenters. The topological polar surface area (TPSA) is 86.9 Å². The summed E-state index contributed by atoms with van der Waals surface area (Å²) in [5.74, 6) is 1.34. The Kier molecular flexibility index (Phi) is 6.61. The molecule has 1 aliphatic rings. The van der Waals surface area contributed by atoms with Crippen LogP contribution in [0.1, 0.15) is 31.6 Å². The standard InChI is InChI=1S/C19H25F3N4O3S/c1-13(17-11-15-5-3-4-6-16(15)29-17)25-18(23-2)24-12-14-7-9-26(10-8-14)30(27,28)19(20,21)22/h3-6,11,13-14H,7-10,12H2,1-2H3,(H2,23,24,25). The molecule has 166 valence electrons. The van der Waals surface area contributed by atoms with Crippen molar-refractivity contribution in [1.82, 2.24) is 14.9 Å². The molecule has 30 heavy (non-hydrogen) atoms. The van der Waals surface area contributed by atoms with Crippen molar-refractivity contribution in [2.45, 2.75) is 31.3 Å². The minimum atomic E-state index is -5.25. The summed E-state index contributed by atoms with van der Waals surface area (Å²) < 4.78 is 67.4. The van der Waals surface area contributed by atoms with Crippen LogP contribution in [0.5, 0.6) is 0 Å². The Morgan fingerprint density at radius 2 is 1.97 bits per heavy atom. The fourth-order valence-corrected chi connectivity index (χ4v) is 4.41. The second kappa shape index (κ2) is 8.84. The predicted molar refractivity (Wildman–Crippen MR) is 108 cm³/mol. The summed E-state index contributed by atoms with van der Waals surface area (Å²) >= 11 is 0. The van der Waals surface area contributed by atoms with Crippen LogP contribution in [0.15, 0.2) is 39.7 Å².